The first-order valence-corrected chi connectivity index (χ1v) is 7.32. The highest BCUT2D eigenvalue weighted by molar-refractivity contribution is 5.89. The van der Waals surface area contributed by atoms with Gasteiger partial charge in [-0.15, -0.1) is 0 Å². The fourth-order valence-electron chi connectivity index (χ4n) is 3.77. The van der Waals surface area contributed by atoms with Gasteiger partial charge in [0.1, 0.15) is 5.82 Å². The summed E-state index contributed by atoms with van der Waals surface area (Å²) in [5, 5.41) is 12.4. The van der Waals surface area contributed by atoms with Gasteiger partial charge in [-0.25, -0.2) is 9.18 Å². The molecule has 0 spiro atoms. The van der Waals surface area contributed by atoms with E-state index in [-0.39, 0.29) is 23.1 Å². The third-order valence-electron chi connectivity index (χ3n) is 4.85. The molecule has 2 N–H and O–H groups in total. The lowest BCUT2D eigenvalue weighted by molar-refractivity contribution is -0.177. The van der Waals surface area contributed by atoms with Crippen LogP contribution in [0.1, 0.15) is 37.0 Å². The van der Waals surface area contributed by atoms with E-state index in [0.717, 1.165) is 19.4 Å². The van der Waals surface area contributed by atoms with Crippen molar-refractivity contribution in [1.29, 1.82) is 0 Å². The molecule has 0 amide bonds. The summed E-state index contributed by atoms with van der Waals surface area (Å²) in [5.41, 5.74) is 0.340. The Morgan fingerprint density at radius 1 is 1.48 bits per heavy atom. The third-order valence-corrected chi connectivity index (χ3v) is 4.85. The zero-order valence-electron chi connectivity index (χ0n) is 12.2. The summed E-state index contributed by atoms with van der Waals surface area (Å²) in [6.07, 6.45) is 2.42. The van der Waals surface area contributed by atoms with Crippen molar-refractivity contribution >= 4 is 11.7 Å². The minimum atomic E-state index is -1.25. The number of hydrogen-bond donors (Lipinski definition) is 2. The molecular weight excluding hydrogens is 273 g/mol. The Kier molecular flexibility index (Phi) is 3.40. The first-order chi connectivity index (χ1) is 9.91. The normalized spacial score (nSPS) is 30.1. The van der Waals surface area contributed by atoms with E-state index in [9.17, 15) is 9.18 Å². The molecule has 1 aromatic carbocycles. The maximum atomic E-state index is 13.4. The van der Waals surface area contributed by atoms with E-state index in [2.05, 4.69) is 19.2 Å². The maximum Gasteiger partial charge on any atom is 0.338 e. The second kappa shape index (κ2) is 4.98. The largest absolute Gasteiger partial charge is 0.478 e. The minimum Gasteiger partial charge on any atom is -0.478 e. The molecule has 114 valence electrons. The van der Waals surface area contributed by atoms with Gasteiger partial charge in [-0.1, -0.05) is 13.8 Å². The summed E-state index contributed by atoms with van der Waals surface area (Å²) in [5.74, 6) is -1.52. The van der Waals surface area contributed by atoms with Crippen LogP contribution in [-0.2, 0) is 4.74 Å². The Morgan fingerprint density at radius 2 is 2.24 bits per heavy atom. The summed E-state index contributed by atoms with van der Waals surface area (Å²) >= 11 is 0. The van der Waals surface area contributed by atoms with Crippen molar-refractivity contribution in [2.45, 2.75) is 38.8 Å². The monoisotopic (exact) mass is 293 g/mol. The highest BCUT2D eigenvalue weighted by Crippen LogP contribution is 2.52. The van der Waals surface area contributed by atoms with Crippen LogP contribution in [0.15, 0.2) is 18.2 Å². The van der Waals surface area contributed by atoms with Crippen LogP contribution >= 0.6 is 0 Å². The molecule has 2 aliphatic rings. The van der Waals surface area contributed by atoms with Crippen molar-refractivity contribution in [3.05, 3.63) is 29.6 Å². The number of anilines is 1. The fraction of sp³-hybridized carbons (Fsp3) is 0.562. The van der Waals surface area contributed by atoms with E-state index in [1.165, 1.54) is 12.1 Å². The molecule has 1 aromatic rings. The number of aromatic carboxylic acids is 1. The first-order valence-electron chi connectivity index (χ1n) is 7.32. The number of carboxylic acid groups (broad SMARTS) is 1. The van der Waals surface area contributed by atoms with Crippen molar-refractivity contribution in [2.75, 3.05) is 11.9 Å². The van der Waals surface area contributed by atoms with Gasteiger partial charge in [0.05, 0.1) is 11.7 Å². The molecule has 3 atom stereocenters. The number of fused-ring (bicyclic) bond motifs is 1. The van der Waals surface area contributed by atoms with Crippen molar-refractivity contribution < 1.29 is 19.0 Å². The van der Waals surface area contributed by atoms with E-state index < -0.39 is 11.8 Å². The van der Waals surface area contributed by atoms with Crippen molar-refractivity contribution in [2.24, 2.45) is 11.3 Å². The van der Waals surface area contributed by atoms with Gasteiger partial charge < -0.3 is 15.2 Å². The van der Waals surface area contributed by atoms with Gasteiger partial charge >= 0.3 is 5.97 Å². The van der Waals surface area contributed by atoms with Crippen molar-refractivity contribution in [1.82, 2.24) is 0 Å². The van der Waals surface area contributed by atoms with Crippen molar-refractivity contribution in [3.63, 3.8) is 0 Å². The molecule has 4 nitrogen and oxygen atoms in total. The smallest absolute Gasteiger partial charge is 0.338 e. The van der Waals surface area contributed by atoms with E-state index in [1.807, 2.05) is 0 Å². The van der Waals surface area contributed by atoms with Gasteiger partial charge in [-0.05, 0) is 31.0 Å². The molecule has 3 unspecified atom stereocenters. The number of rotatable bonds is 3. The summed E-state index contributed by atoms with van der Waals surface area (Å²) in [6, 6.07) is 4.38. The molecule has 0 aromatic heterocycles. The topological polar surface area (TPSA) is 58.6 Å². The zero-order valence-corrected chi connectivity index (χ0v) is 12.2. The van der Waals surface area contributed by atoms with E-state index in [0.29, 0.717) is 11.6 Å². The number of carboxylic acids is 1. The molecule has 0 radical (unpaired) electrons. The van der Waals surface area contributed by atoms with Gasteiger partial charge in [0, 0.05) is 29.7 Å². The molecule has 1 aliphatic heterocycles. The molecule has 1 saturated heterocycles. The summed E-state index contributed by atoms with van der Waals surface area (Å²) < 4.78 is 19.3. The Balaban J connectivity index is 1.80. The number of ether oxygens (including phenoxy) is 1. The number of carbonyl (C=O) groups is 1. The van der Waals surface area contributed by atoms with Crippen LogP contribution in [0.25, 0.3) is 0 Å². The highest BCUT2D eigenvalue weighted by atomic mass is 19.1. The van der Waals surface area contributed by atoms with Gasteiger partial charge in [0.15, 0.2) is 0 Å². The van der Waals surface area contributed by atoms with Crippen LogP contribution in [-0.4, -0.2) is 29.8 Å². The van der Waals surface area contributed by atoms with Gasteiger partial charge in [-0.2, -0.15) is 0 Å². The lowest BCUT2D eigenvalue weighted by atomic mass is 9.55. The average molecular weight is 293 g/mol. The number of nitrogens with one attached hydrogen (secondary N) is 1. The SMILES string of the molecule is CC1(C)C(Nc2ccc(F)c(C(=O)O)c2)C2CCCOC21. The van der Waals surface area contributed by atoms with Crippen LogP contribution < -0.4 is 5.32 Å². The lowest BCUT2D eigenvalue weighted by Crippen LogP contribution is -2.67. The Labute approximate surface area is 123 Å². The van der Waals surface area contributed by atoms with Gasteiger partial charge in [0.2, 0.25) is 0 Å². The minimum absolute atomic E-state index is 0.0111. The van der Waals surface area contributed by atoms with Gasteiger partial charge in [-0.3, -0.25) is 0 Å². The molecule has 0 bridgehead atoms. The summed E-state index contributed by atoms with van der Waals surface area (Å²) in [4.78, 5) is 11.0. The maximum absolute atomic E-state index is 13.4. The van der Waals surface area contributed by atoms with E-state index in [1.54, 1.807) is 6.07 Å². The number of hydrogen-bond acceptors (Lipinski definition) is 3. The molecule has 1 aliphatic carbocycles. The fourth-order valence-corrected chi connectivity index (χ4v) is 3.77. The van der Waals surface area contributed by atoms with Crippen LogP contribution in [0.2, 0.25) is 0 Å². The van der Waals surface area contributed by atoms with E-state index in [4.69, 9.17) is 9.84 Å². The number of benzene rings is 1. The molecular formula is C16H20FNO3. The molecule has 1 saturated carbocycles. The Hall–Kier alpha value is -1.62. The molecule has 21 heavy (non-hydrogen) atoms. The molecule has 1 heterocycles. The van der Waals surface area contributed by atoms with E-state index >= 15 is 0 Å². The highest BCUT2D eigenvalue weighted by Gasteiger charge is 2.57. The quantitative estimate of drug-likeness (QED) is 0.899. The number of halogens is 1. The van der Waals surface area contributed by atoms with Crippen LogP contribution in [0.5, 0.6) is 0 Å². The molecule has 3 rings (SSSR count). The van der Waals surface area contributed by atoms with Crippen LogP contribution in [0, 0.1) is 17.2 Å². The second-order valence-electron chi connectivity index (χ2n) is 6.54. The predicted molar refractivity (Wildman–Crippen MR) is 77.0 cm³/mol. The van der Waals surface area contributed by atoms with Crippen LogP contribution in [0.3, 0.4) is 0 Å². The lowest BCUT2D eigenvalue weighted by Gasteiger charge is -2.60. The molecule has 5 heteroatoms. The first kappa shape index (κ1) is 14.3. The molecule has 2 fully saturated rings. The summed E-state index contributed by atoms with van der Waals surface area (Å²) in [6.45, 7) is 5.12. The summed E-state index contributed by atoms with van der Waals surface area (Å²) in [7, 11) is 0. The Morgan fingerprint density at radius 3 is 2.95 bits per heavy atom. The van der Waals surface area contributed by atoms with Gasteiger partial charge in [0.25, 0.3) is 0 Å². The third kappa shape index (κ3) is 2.29. The standard InChI is InChI=1S/C16H20FNO3/c1-16(2)13(10-4-3-7-21-14(10)16)18-9-5-6-12(17)11(8-9)15(19)20/h5-6,8,10,13-14,18H,3-4,7H2,1-2H3,(H,19,20). The Bertz CT molecular complexity index is 573. The predicted octanol–water partition coefficient (Wildman–Crippen LogP) is 3.14. The average Bonchev–Trinajstić information content (AvgIpc) is 2.46. The second-order valence-corrected chi connectivity index (χ2v) is 6.54. The zero-order chi connectivity index (χ0) is 15.2. The van der Waals surface area contributed by atoms with Crippen molar-refractivity contribution in [3.8, 4) is 0 Å². The van der Waals surface area contributed by atoms with Crippen LogP contribution in [0.4, 0.5) is 10.1 Å².